The van der Waals surface area contributed by atoms with Crippen molar-refractivity contribution < 1.29 is 4.74 Å². The summed E-state index contributed by atoms with van der Waals surface area (Å²) in [6.07, 6.45) is 1.34. The smallest absolute Gasteiger partial charge is 0.299 e. The van der Waals surface area contributed by atoms with E-state index in [1.807, 2.05) is 24.3 Å². The van der Waals surface area contributed by atoms with E-state index in [1.54, 1.807) is 0 Å². The molecule has 0 aliphatic heterocycles. The number of ether oxygens (including phenoxy) is 1. The first kappa shape index (κ1) is 6.91. The number of hydrogen-bond acceptors (Lipinski definition) is 2. The highest BCUT2D eigenvalue weighted by Gasteiger charge is 1.99. The highest BCUT2D eigenvalue weighted by molar-refractivity contribution is 5.75. The van der Waals surface area contributed by atoms with Crippen LogP contribution in [0.15, 0.2) is 37.1 Å². The molecule has 12 heavy (non-hydrogen) atoms. The van der Waals surface area contributed by atoms with Crippen molar-refractivity contribution in [3.05, 3.63) is 37.1 Å². The van der Waals surface area contributed by atoms with E-state index in [4.69, 9.17) is 4.74 Å². The minimum Gasteiger partial charge on any atom is -0.434 e. The first-order valence-corrected chi connectivity index (χ1v) is 3.62. The van der Waals surface area contributed by atoms with E-state index >= 15 is 0 Å². The van der Waals surface area contributed by atoms with Gasteiger partial charge in [-0.05, 0) is 12.1 Å². The van der Waals surface area contributed by atoms with Crippen molar-refractivity contribution in [2.75, 3.05) is 0 Å². The van der Waals surface area contributed by atoms with Gasteiger partial charge < -0.3 is 9.72 Å². The molecule has 1 heterocycles. The molecule has 0 spiro atoms. The number of hydrogen-bond donors (Lipinski definition) is 1. The fourth-order valence-electron chi connectivity index (χ4n) is 1.06. The van der Waals surface area contributed by atoms with Crippen LogP contribution in [0.3, 0.4) is 0 Å². The lowest BCUT2D eigenvalue weighted by Crippen LogP contribution is -1.80. The molecule has 0 radical (unpaired) electrons. The molecular formula is C9H8N2O. The summed E-state index contributed by atoms with van der Waals surface area (Å²) in [4.78, 5) is 7.15. The number of aromatic amines is 1. The molecule has 3 heteroatoms. The maximum atomic E-state index is 4.99. The van der Waals surface area contributed by atoms with E-state index < -0.39 is 0 Å². The third kappa shape index (κ3) is 1.05. The summed E-state index contributed by atoms with van der Waals surface area (Å²) in [6, 6.07) is 8.21. The van der Waals surface area contributed by atoms with E-state index in [-0.39, 0.29) is 0 Å². The van der Waals surface area contributed by atoms with Crippen LogP contribution in [0.4, 0.5) is 0 Å². The monoisotopic (exact) mass is 160 g/mol. The highest BCUT2D eigenvalue weighted by atomic mass is 16.5. The van der Waals surface area contributed by atoms with Gasteiger partial charge in [-0.3, -0.25) is 0 Å². The van der Waals surface area contributed by atoms with E-state index in [1.165, 1.54) is 6.26 Å². The molecule has 2 aromatic rings. The van der Waals surface area contributed by atoms with E-state index in [0.717, 1.165) is 11.0 Å². The van der Waals surface area contributed by atoms with Gasteiger partial charge in [-0.15, -0.1) is 0 Å². The first-order chi connectivity index (χ1) is 5.90. The molecule has 0 fully saturated rings. The standard InChI is InChI=1S/C9H8N2O/c1-2-12-9-10-7-5-3-4-6-8(7)11-9/h2-6H,1H2,(H,10,11). The maximum absolute atomic E-state index is 4.99. The second-order valence-corrected chi connectivity index (χ2v) is 2.34. The van der Waals surface area contributed by atoms with Gasteiger partial charge in [-0.1, -0.05) is 18.7 Å². The lowest BCUT2D eigenvalue weighted by Gasteiger charge is -1.88. The summed E-state index contributed by atoms with van der Waals surface area (Å²) in [6.45, 7) is 3.44. The van der Waals surface area contributed by atoms with Crippen LogP contribution in [0, 0.1) is 0 Å². The Morgan fingerprint density at radius 1 is 1.42 bits per heavy atom. The zero-order valence-electron chi connectivity index (χ0n) is 6.45. The number of nitrogens with zero attached hydrogens (tertiary/aromatic N) is 1. The van der Waals surface area contributed by atoms with E-state index in [9.17, 15) is 0 Å². The van der Waals surface area contributed by atoms with Crippen LogP contribution in [0.25, 0.3) is 11.0 Å². The van der Waals surface area contributed by atoms with Crippen molar-refractivity contribution in [3.8, 4) is 6.01 Å². The summed E-state index contributed by atoms with van der Waals surface area (Å²) in [5, 5.41) is 0. The Morgan fingerprint density at radius 3 is 3.00 bits per heavy atom. The number of aromatic nitrogens is 2. The number of rotatable bonds is 2. The summed E-state index contributed by atoms with van der Waals surface area (Å²) < 4.78 is 4.99. The fraction of sp³-hybridized carbons (Fsp3) is 0. The third-order valence-electron chi connectivity index (χ3n) is 1.56. The molecule has 0 aliphatic carbocycles. The molecule has 1 aromatic carbocycles. The van der Waals surface area contributed by atoms with Crippen LogP contribution < -0.4 is 4.74 Å². The SMILES string of the molecule is C=COc1nc2ccccc2[nH]1. The van der Waals surface area contributed by atoms with Crippen molar-refractivity contribution in [1.82, 2.24) is 9.97 Å². The molecule has 0 saturated carbocycles. The third-order valence-corrected chi connectivity index (χ3v) is 1.56. The van der Waals surface area contributed by atoms with Gasteiger partial charge in [0.2, 0.25) is 0 Å². The maximum Gasteiger partial charge on any atom is 0.299 e. The molecule has 1 N–H and O–H groups in total. The molecular weight excluding hydrogens is 152 g/mol. The normalized spacial score (nSPS) is 10.0. The molecule has 0 aliphatic rings. The van der Waals surface area contributed by atoms with Crippen molar-refractivity contribution in [1.29, 1.82) is 0 Å². The second-order valence-electron chi connectivity index (χ2n) is 2.34. The quantitative estimate of drug-likeness (QED) is 0.683. The van der Waals surface area contributed by atoms with Crippen LogP contribution in [0.2, 0.25) is 0 Å². The fourth-order valence-corrected chi connectivity index (χ4v) is 1.06. The molecule has 0 bridgehead atoms. The predicted molar refractivity (Wildman–Crippen MR) is 46.9 cm³/mol. The highest BCUT2D eigenvalue weighted by Crippen LogP contribution is 2.14. The van der Waals surface area contributed by atoms with Gasteiger partial charge in [-0.25, -0.2) is 0 Å². The molecule has 0 unspecified atom stereocenters. The van der Waals surface area contributed by atoms with Gasteiger partial charge in [0.1, 0.15) is 0 Å². The Balaban J connectivity index is 2.54. The molecule has 0 saturated heterocycles. The van der Waals surface area contributed by atoms with E-state index in [2.05, 4.69) is 16.5 Å². The molecule has 3 nitrogen and oxygen atoms in total. The molecule has 1 aromatic heterocycles. The summed E-state index contributed by atoms with van der Waals surface area (Å²) in [7, 11) is 0. The van der Waals surface area contributed by atoms with Gasteiger partial charge in [0, 0.05) is 0 Å². The number of benzene rings is 1. The Labute approximate surface area is 69.7 Å². The number of imidazole rings is 1. The van der Waals surface area contributed by atoms with Gasteiger partial charge in [-0.2, -0.15) is 4.98 Å². The largest absolute Gasteiger partial charge is 0.434 e. The second kappa shape index (κ2) is 2.70. The van der Waals surface area contributed by atoms with Gasteiger partial charge in [0.05, 0.1) is 17.3 Å². The topological polar surface area (TPSA) is 37.9 Å². The molecule has 0 amide bonds. The van der Waals surface area contributed by atoms with Crippen molar-refractivity contribution in [3.63, 3.8) is 0 Å². The lowest BCUT2D eigenvalue weighted by molar-refractivity contribution is 0.449. The minimum atomic E-state index is 0.478. The predicted octanol–water partition coefficient (Wildman–Crippen LogP) is 2.09. The summed E-state index contributed by atoms with van der Waals surface area (Å²) >= 11 is 0. The number of H-pyrrole nitrogens is 1. The Kier molecular flexibility index (Phi) is 1.55. The Hall–Kier alpha value is -1.77. The average Bonchev–Trinajstić information content (AvgIpc) is 2.47. The minimum absolute atomic E-state index is 0.478. The van der Waals surface area contributed by atoms with Crippen LogP contribution in [0.5, 0.6) is 6.01 Å². The van der Waals surface area contributed by atoms with Crippen LogP contribution in [-0.4, -0.2) is 9.97 Å². The van der Waals surface area contributed by atoms with Crippen LogP contribution in [-0.2, 0) is 0 Å². The van der Waals surface area contributed by atoms with Crippen LogP contribution in [0.1, 0.15) is 0 Å². The summed E-state index contributed by atoms with van der Waals surface area (Å²) in [5.74, 6) is 0. The number of nitrogens with one attached hydrogen (secondary N) is 1. The van der Waals surface area contributed by atoms with Gasteiger partial charge >= 0.3 is 0 Å². The molecule has 60 valence electrons. The van der Waals surface area contributed by atoms with E-state index in [0.29, 0.717) is 6.01 Å². The van der Waals surface area contributed by atoms with Crippen molar-refractivity contribution in [2.45, 2.75) is 0 Å². The Bertz CT molecular complexity index is 373. The van der Waals surface area contributed by atoms with Crippen molar-refractivity contribution in [2.24, 2.45) is 0 Å². The van der Waals surface area contributed by atoms with Crippen molar-refractivity contribution >= 4 is 11.0 Å². The molecule has 2 rings (SSSR count). The number of fused-ring (bicyclic) bond motifs is 1. The number of para-hydroxylation sites is 2. The van der Waals surface area contributed by atoms with Gasteiger partial charge in [0.25, 0.3) is 6.01 Å². The average molecular weight is 160 g/mol. The Morgan fingerprint density at radius 2 is 2.25 bits per heavy atom. The lowest BCUT2D eigenvalue weighted by atomic mass is 10.3. The molecule has 0 atom stereocenters. The summed E-state index contributed by atoms with van der Waals surface area (Å²) in [5.41, 5.74) is 1.86. The zero-order chi connectivity index (χ0) is 8.39. The van der Waals surface area contributed by atoms with Crippen LogP contribution >= 0.6 is 0 Å². The first-order valence-electron chi connectivity index (χ1n) is 3.62. The zero-order valence-corrected chi connectivity index (χ0v) is 6.45. The van der Waals surface area contributed by atoms with Gasteiger partial charge in [0.15, 0.2) is 0 Å².